The van der Waals surface area contributed by atoms with Crippen molar-refractivity contribution in [3.8, 4) is 23.0 Å². The monoisotopic (exact) mass is 648 g/mol. The van der Waals surface area contributed by atoms with Crippen LogP contribution < -0.4 is 35.0 Å². The molecular formula is C33H36N4O10. The molecular weight excluding hydrogens is 612 g/mol. The summed E-state index contributed by atoms with van der Waals surface area (Å²) >= 11 is 0. The number of amides is 2. The number of methoxy groups -OCH3 is 2. The number of nitrogens with one attached hydrogen (secondary N) is 3. The topological polar surface area (TPSA) is 186 Å². The number of urea groups is 1. The number of nitrogens with zero attached hydrogens (tertiary/aromatic N) is 1. The van der Waals surface area contributed by atoms with Gasteiger partial charge in [0.1, 0.15) is 13.2 Å². The number of rotatable bonds is 15. The zero-order chi connectivity index (χ0) is 33.9. The summed E-state index contributed by atoms with van der Waals surface area (Å²) in [6.45, 7) is 3.76. The van der Waals surface area contributed by atoms with Gasteiger partial charge in [-0.25, -0.2) is 14.4 Å². The van der Waals surface area contributed by atoms with Gasteiger partial charge in [-0.3, -0.25) is 5.43 Å². The third kappa shape index (κ3) is 8.92. The van der Waals surface area contributed by atoms with Crippen molar-refractivity contribution in [2.24, 2.45) is 5.10 Å². The van der Waals surface area contributed by atoms with E-state index in [1.807, 2.05) is 0 Å². The molecule has 0 spiro atoms. The second-order valence-electron chi connectivity index (χ2n) is 10.1. The van der Waals surface area contributed by atoms with Gasteiger partial charge in [0.2, 0.25) is 0 Å². The van der Waals surface area contributed by atoms with E-state index >= 15 is 0 Å². The summed E-state index contributed by atoms with van der Waals surface area (Å²) in [5, 5.41) is 28.9. The normalized spacial score (nSPS) is 14.9. The second-order valence-corrected chi connectivity index (χ2v) is 10.1. The summed E-state index contributed by atoms with van der Waals surface area (Å²) in [4.78, 5) is 35.6. The van der Waals surface area contributed by atoms with Crippen molar-refractivity contribution < 1.29 is 48.3 Å². The van der Waals surface area contributed by atoms with Gasteiger partial charge in [-0.05, 0) is 73.0 Å². The maximum Gasteiger partial charge on any atom is 0.337 e. The molecule has 0 saturated heterocycles. The number of hydrazone groups is 1. The maximum atomic E-state index is 12.4. The minimum atomic E-state index is -1.18. The molecule has 0 aromatic heterocycles. The van der Waals surface area contributed by atoms with Crippen LogP contribution in [-0.2, 0) is 16.1 Å². The molecule has 1 aliphatic rings. The highest BCUT2D eigenvalue weighted by Crippen LogP contribution is 2.35. The van der Waals surface area contributed by atoms with Crippen LogP contribution in [0.1, 0.15) is 46.9 Å². The Morgan fingerprint density at radius 3 is 2.38 bits per heavy atom. The zero-order valence-corrected chi connectivity index (χ0v) is 26.2. The van der Waals surface area contributed by atoms with Crippen LogP contribution in [0.15, 0.2) is 77.0 Å². The molecule has 0 saturated carbocycles. The number of carbonyl (C=O) groups is 3. The molecule has 0 radical (unpaired) electrons. The van der Waals surface area contributed by atoms with Gasteiger partial charge in [-0.1, -0.05) is 18.2 Å². The van der Waals surface area contributed by atoms with E-state index in [0.29, 0.717) is 46.4 Å². The summed E-state index contributed by atoms with van der Waals surface area (Å²) in [6, 6.07) is 15.3. The molecule has 3 aromatic carbocycles. The molecule has 3 aromatic rings. The number of aromatic carboxylic acids is 1. The Balaban J connectivity index is 1.35. The summed E-state index contributed by atoms with van der Waals surface area (Å²) in [7, 11) is 2.77. The summed E-state index contributed by atoms with van der Waals surface area (Å²) in [6.07, 6.45) is 0.306. The van der Waals surface area contributed by atoms with Gasteiger partial charge in [0, 0.05) is 5.70 Å². The van der Waals surface area contributed by atoms with Gasteiger partial charge in [-0.15, -0.1) is 0 Å². The first kappa shape index (κ1) is 34.1. The lowest BCUT2D eigenvalue weighted by Gasteiger charge is -2.28. The molecule has 0 bridgehead atoms. The number of aliphatic hydroxyl groups is 1. The quantitative estimate of drug-likeness (QED) is 0.0703. The standard InChI is InChI=1S/C33H36N4O10/c1-5-45-27-15-23(30-29(32(41)44-4)19(2)35-33(42)36-30)11-13-25(27)47-18-28(38)37-34-16-21-8-12-24(26(14-21)43-3)46-17-20-6-9-22(10-7-20)31(39)40/h6-16,28,30,37-38H,5,17-18H2,1-4H3,(H,39,40)(H2,35,36,42)/b34-16-/t28-,30-/m1/s1. The van der Waals surface area contributed by atoms with E-state index in [2.05, 4.69) is 21.2 Å². The fourth-order valence-electron chi connectivity index (χ4n) is 4.61. The predicted molar refractivity (Wildman–Crippen MR) is 170 cm³/mol. The lowest BCUT2D eigenvalue weighted by atomic mass is 9.95. The van der Waals surface area contributed by atoms with Gasteiger partial charge >= 0.3 is 18.0 Å². The van der Waals surface area contributed by atoms with E-state index in [1.165, 1.54) is 32.6 Å². The van der Waals surface area contributed by atoms with Crippen molar-refractivity contribution in [1.82, 2.24) is 16.1 Å². The van der Waals surface area contributed by atoms with Crippen molar-refractivity contribution in [1.29, 1.82) is 0 Å². The molecule has 14 heteroatoms. The van der Waals surface area contributed by atoms with E-state index in [4.69, 9.17) is 28.8 Å². The molecule has 0 fully saturated rings. The highest BCUT2D eigenvalue weighted by Gasteiger charge is 2.32. The SMILES string of the molecule is CCOc1cc([C@H]2NC(=O)NC(C)=C2C(=O)OC)ccc1OC[C@@H](O)N/N=C\c1ccc(OCc2ccc(C(=O)O)cc2)c(OC)c1. The molecule has 2 amide bonds. The molecule has 5 N–H and O–H groups in total. The third-order valence-electron chi connectivity index (χ3n) is 6.89. The molecule has 14 nitrogen and oxygen atoms in total. The molecule has 0 unspecified atom stereocenters. The lowest BCUT2D eigenvalue weighted by Crippen LogP contribution is -2.45. The Morgan fingerprint density at radius 1 is 0.979 bits per heavy atom. The number of hydrogen-bond donors (Lipinski definition) is 5. The van der Waals surface area contributed by atoms with Crippen molar-refractivity contribution in [2.75, 3.05) is 27.4 Å². The van der Waals surface area contributed by atoms with E-state index in [0.717, 1.165) is 5.56 Å². The van der Waals surface area contributed by atoms with Crippen LogP contribution in [0.25, 0.3) is 0 Å². The van der Waals surface area contributed by atoms with Crippen LogP contribution in [0.2, 0.25) is 0 Å². The Hall–Kier alpha value is -5.76. The predicted octanol–water partition coefficient (Wildman–Crippen LogP) is 3.49. The fourth-order valence-corrected chi connectivity index (χ4v) is 4.61. The number of aliphatic hydroxyl groups excluding tert-OH is 1. The number of carbonyl (C=O) groups excluding carboxylic acids is 2. The van der Waals surface area contributed by atoms with Crippen LogP contribution in [0, 0.1) is 0 Å². The minimum absolute atomic E-state index is 0.184. The van der Waals surface area contributed by atoms with E-state index in [9.17, 15) is 19.5 Å². The number of benzene rings is 3. The molecule has 248 valence electrons. The number of carboxylic acid groups (broad SMARTS) is 1. The highest BCUT2D eigenvalue weighted by atomic mass is 16.5. The van der Waals surface area contributed by atoms with Crippen LogP contribution in [0.4, 0.5) is 4.79 Å². The van der Waals surface area contributed by atoms with Crippen molar-refractivity contribution >= 4 is 24.2 Å². The number of carboxylic acids is 1. The van der Waals surface area contributed by atoms with Gasteiger partial charge < -0.3 is 44.5 Å². The van der Waals surface area contributed by atoms with E-state index in [-0.39, 0.29) is 24.4 Å². The number of ether oxygens (including phenoxy) is 5. The first-order chi connectivity index (χ1) is 22.6. The van der Waals surface area contributed by atoms with Gasteiger partial charge in [0.05, 0.1) is 44.2 Å². The maximum absolute atomic E-state index is 12.4. The number of allylic oxidation sites excluding steroid dienone is 1. The fraction of sp³-hybridized carbons (Fsp3) is 0.273. The Morgan fingerprint density at radius 2 is 1.70 bits per heavy atom. The smallest absolute Gasteiger partial charge is 0.337 e. The van der Waals surface area contributed by atoms with Crippen LogP contribution in [0.5, 0.6) is 23.0 Å². The summed E-state index contributed by atoms with van der Waals surface area (Å²) in [5.74, 6) is 0.0440. The molecule has 1 aliphatic heterocycles. The number of esters is 1. The third-order valence-corrected chi connectivity index (χ3v) is 6.89. The van der Waals surface area contributed by atoms with E-state index in [1.54, 1.807) is 62.4 Å². The zero-order valence-electron chi connectivity index (χ0n) is 26.2. The van der Waals surface area contributed by atoms with Gasteiger partial charge in [0.25, 0.3) is 0 Å². The summed E-state index contributed by atoms with van der Waals surface area (Å²) in [5.41, 5.74) is 5.45. The van der Waals surface area contributed by atoms with Crippen LogP contribution in [-0.4, -0.2) is 68.1 Å². The van der Waals surface area contributed by atoms with Gasteiger partial charge in [-0.2, -0.15) is 5.10 Å². The van der Waals surface area contributed by atoms with Crippen LogP contribution >= 0.6 is 0 Å². The lowest BCUT2D eigenvalue weighted by molar-refractivity contribution is -0.136. The average molecular weight is 649 g/mol. The van der Waals surface area contributed by atoms with E-state index < -0.39 is 30.2 Å². The molecule has 4 rings (SSSR count). The van der Waals surface area contributed by atoms with Crippen LogP contribution in [0.3, 0.4) is 0 Å². The Bertz CT molecular complexity index is 1660. The molecule has 1 heterocycles. The first-order valence-electron chi connectivity index (χ1n) is 14.5. The first-order valence-corrected chi connectivity index (χ1v) is 14.5. The van der Waals surface area contributed by atoms with Crippen molar-refractivity contribution in [3.05, 3.63) is 94.2 Å². The van der Waals surface area contributed by atoms with Crippen molar-refractivity contribution in [3.63, 3.8) is 0 Å². The number of hydrogen-bond acceptors (Lipinski definition) is 11. The molecule has 47 heavy (non-hydrogen) atoms. The molecule has 2 atom stereocenters. The Labute approximate surface area is 270 Å². The minimum Gasteiger partial charge on any atom is -0.493 e. The average Bonchev–Trinajstić information content (AvgIpc) is 3.06. The summed E-state index contributed by atoms with van der Waals surface area (Å²) < 4.78 is 27.7. The molecule has 0 aliphatic carbocycles. The van der Waals surface area contributed by atoms with Gasteiger partial charge in [0.15, 0.2) is 29.2 Å². The second kappa shape index (κ2) is 16.0. The Kier molecular flexibility index (Phi) is 11.6. The highest BCUT2D eigenvalue weighted by molar-refractivity contribution is 5.95. The largest absolute Gasteiger partial charge is 0.493 e. The van der Waals surface area contributed by atoms with Crippen molar-refractivity contribution in [2.45, 2.75) is 32.7 Å².